The van der Waals surface area contributed by atoms with Crippen LogP contribution in [0.5, 0.6) is 0 Å². The topological polar surface area (TPSA) is 51.5 Å². The van der Waals surface area contributed by atoms with Gasteiger partial charge in [0.15, 0.2) is 0 Å². The SMILES string of the molecule is CC[C@H](C)n1c(CCOCc2ccccc2)ccc1C(=O)O. The van der Waals surface area contributed by atoms with Crippen LogP contribution in [-0.4, -0.2) is 22.2 Å². The number of hydrogen-bond donors (Lipinski definition) is 1. The molecule has 4 heteroatoms. The molecule has 0 aliphatic carbocycles. The highest BCUT2D eigenvalue weighted by molar-refractivity contribution is 5.86. The molecule has 2 rings (SSSR count). The number of ether oxygens (including phenoxy) is 1. The van der Waals surface area contributed by atoms with Gasteiger partial charge in [-0.3, -0.25) is 0 Å². The number of aromatic carboxylic acids is 1. The highest BCUT2D eigenvalue weighted by Crippen LogP contribution is 2.20. The van der Waals surface area contributed by atoms with Crippen LogP contribution in [0.25, 0.3) is 0 Å². The zero-order chi connectivity index (χ0) is 15.9. The maximum absolute atomic E-state index is 11.3. The second-order valence-corrected chi connectivity index (χ2v) is 5.43. The Labute approximate surface area is 131 Å². The number of carboxylic acid groups (broad SMARTS) is 1. The average molecular weight is 301 g/mol. The molecule has 22 heavy (non-hydrogen) atoms. The molecule has 1 atom stereocenters. The molecule has 2 aromatic rings. The lowest BCUT2D eigenvalue weighted by molar-refractivity contribution is 0.0681. The molecule has 0 aliphatic heterocycles. The molecule has 0 unspecified atom stereocenters. The third kappa shape index (κ3) is 3.98. The van der Waals surface area contributed by atoms with Crippen LogP contribution in [0.15, 0.2) is 42.5 Å². The predicted octanol–water partition coefficient (Wildman–Crippen LogP) is 3.92. The van der Waals surface area contributed by atoms with Gasteiger partial charge in [-0.25, -0.2) is 4.79 Å². The van der Waals surface area contributed by atoms with Crippen LogP contribution in [0.2, 0.25) is 0 Å². The largest absolute Gasteiger partial charge is 0.477 e. The van der Waals surface area contributed by atoms with E-state index in [-0.39, 0.29) is 6.04 Å². The summed E-state index contributed by atoms with van der Waals surface area (Å²) < 4.78 is 7.61. The Kier molecular flexibility index (Phi) is 5.78. The van der Waals surface area contributed by atoms with Crippen molar-refractivity contribution in [1.29, 1.82) is 0 Å². The van der Waals surface area contributed by atoms with Crippen LogP contribution in [0.4, 0.5) is 0 Å². The van der Waals surface area contributed by atoms with E-state index in [0.29, 0.717) is 25.3 Å². The molecular weight excluding hydrogens is 278 g/mol. The van der Waals surface area contributed by atoms with Crippen LogP contribution < -0.4 is 0 Å². The maximum atomic E-state index is 11.3. The van der Waals surface area contributed by atoms with E-state index in [0.717, 1.165) is 17.7 Å². The van der Waals surface area contributed by atoms with Gasteiger partial charge in [0, 0.05) is 18.2 Å². The molecule has 118 valence electrons. The number of rotatable bonds is 8. The van der Waals surface area contributed by atoms with Gasteiger partial charge in [0.2, 0.25) is 0 Å². The fraction of sp³-hybridized carbons (Fsp3) is 0.389. The van der Waals surface area contributed by atoms with Gasteiger partial charge in [0.1, 0.15) is 5.69 Å². The molecule has 0 saturated carbocycles. The minimum absolute atomic E-state index is 0.172. The van der Waals surface area contributed by atoms with E-state index >= 15 is 0 Å². The molecule has 0 bridgehead atoms. The maximum Gasteiger partial charge on any atom is 0.352 e. The van der Waals surface area contributed by atoms with Gasteiger partial charge in [-0.1, -0.05) is 37.3 Å². The van der Waals surface area contributed by atoms with Crippen molar-refractivity contribution in [3.05, 3.63) is 59.4 Å². The van der Waals surface area contributed by atoms with Crippen molar-refractivity contribution in [3.8, 4) is 0 Å². The Bertz CT molecular complexity index is 604. The van der Waals surface area contributed by atoms with Crippen molar-refractivity contribution in [2.24, 2.45) is 0 Å². The first-order valence-corrected chi connectivity index (χ1v) is 7.68. The summed E-state index contributed by atoms with van der Waals surface area (Å²) in [6.45, 7) is 5.26. The Hall–Kier alpha value is -2.07. The number of hydrogen-bond acceptors (Lipinski definition) is 2. The van der Waals surface area contributed by atoms with Crippen molar-refractivity contribution in [2.45, 2.75) is 39.3 Å². The Morgan fingerprint density at radius 3 is 2.59 bits per heavy atom. The summed E-state index contributed by atoms with van der Waals surface area (Å²) in [4.78, 5) is 11.3. The van der Waals surface area contributed by atoms with E-state index in [4.69, 9.17) is 4.74 Å². The molecule has 1 N–H and O–H groups in total. The lowest BCUT2D eigenvalue weighted by atomic mass is 10.2. The van der Waals surface area contributed by atoms with Gasteiger partial charge in [0.05, 0.1) is 13.2 Å². The Morgan fingerprint density at radius 2 is 1.95 bits per heavy atom. The fourth-order valence-corrected chi connectivity index (χ4v) is 2.51. The molecule has 0 radical (unpaired) electrons. The van der Waals surface area contributed by atoms with Gasteiger partial charge in [-0.2, -0.15) is 0 Å². The second-order valence-electron chi connectivity index (χ2n) is 5.43. The zero-order valence-corrected chi connectivity index (χ0v) is 13.2. The first kappa shape index (κ1) is 16.3. The number of carbonyl (C=O) groups is 1. The summed E-state index contributed by atoms with van der Waals surface area (Å²) in [5, 5.41) is 9.29. The highest BCUT2D eigenvalue weighted by atomic mass is 16.5. The lowest BCUT2D eigenvalue weighted by Crippen LogP contribution is -2.16. The van der Waals surface area contributed by atoms with Crippen LogP contribution in [0.3, 0.4) is 0 Å². The van der Waals surface area contributed by atoms with E-state index in [2.05, 4.69) is 6.92 Å². The van der Waals surface area contributed by atoms with Crippen molar-refractivity contribution in [2.75, 3.05) is 6.61 Å². The smallest absolute Gasteiger partial charge is 0.352 e. The molecule has 0 aliphatic rings. The lowest BCUT2D eigenvalue weighted by Gasteiger charge is -2.18. The molecule has 0 spiro atoms. The summed E-state index contributed by atoms with van der Waals surface area (Å²) in [7, 11) is 0. The van der Waals surface area contributed by atoms with E-state index < -0.39 is 5.97 Å². The molecule has 1 heterocycles. The first-order chi connectivity index (χ1) is 10.6. The number of nitrogens with zero attached hydrogens (tertiary/aromatic N) is 1. The summed E-state index contributed by atoms with van der Waals surface area (Å²) in [6.07, 6.45) is 1.61. The number of benzene rings is 1. The van der Waals surface area contributed by atoms with E-state index in [9.17, 15) is 9.90 Å². The van der Waals surface area contributed by atoms with Crippen LogP contribution >= 0.6 is 0 Å². The van der Waals surface area contributed by atoms with Gasteiger partial charge in [-0.15, -0.1) is 0 Å². The standard InChI is InChI=1S/C18H23NO3/c1-3-14(2)19-16(9-10-17(19)18(20)21)11-12-22-13-15-7-5-4-6-8-15/h4-10,14H,3,11-13H2,1-2H3,(H,20,21)/t14-/m0/s1. The summed E-state index contributed by atoms with van der Waals surface area (Å²) in [6, 6.07) is 13.8. The van der Waals surface area contributed by atoms with Crippen molar-refractivity contribution < 1.29 is 14.6 Å². The zero-order valence-electron chi connectivity index (χ0n) is 13.2. The molecule has 1 aromatic heterocycles. The minimum Gasteiger partial charge on any atom is -0.477 e. The Morgan fingerprint density at radius 1 is 1.23 bits per heavy atom. The third-order valence-corrected chi connectivity index (χ3v) is 3.87. The highest BCUT2D eigenvalue weighted by Gasteiger charge is 2.17. The predicted molar refractivity (Wildman–Crippen MR) is 86.2 cm³/mol. The summed E-state index contributed by atoms with van der Waals surface area (Å²) >= 11 is 0. The normalized spacial score (nSPS) is 12.3. The molecular formula is C18H23NO3. The van der Waals surface area contributed by atoms with Crippen molar-refractivity contribution in [3.63, 3.8) is 0 Å². The van der Waals surface area contributed by atoms with E-state index in [1.807, 2.05) is 47.9 Å². The van der Waals surface area contributed by atoms with Crippen molar-refractivity contribution >= 4 is 5.97 Å². The monoisotopic (exact) mass is 301 g/mol. The van der Waals surface area contributed by atoms with Crippen molar-refractivity contribution in [1.82, 2.24) is 4.57 Å². The van der Waals surface area contributed by atoms with Gasteiger partial charge in [-0.05, 0) is 31.0 Å². The van der Waals surface area contributed by atoms with Crippen LogP contribution in [-0.2, 0) is 17.8 Å². The molecule has 0 fully saturated rings. The van der Waals surface area contributed by atoms with E-state index in [1.54, 1.807) is 6.07 Å². The quantitative estimate of drug-likeness (QED) is 0.752. The fourth-order valence-electron chi connectivity index (χ4n) is 2.51. The number of carboxylic acids is 1. The second kappa shape index (κ2) is 7.80. The number of aromatic nitrogens is 1. The minimum atomic E-state index is -0.878. The van der Waals surface area contributed by atoms with Crippen LogP contribution in [0.1, 0.15) is 48.1 Å². The average Bonchev–Trinajstić information content (AvgIpc) is 2.96. The molecule has 0 amide bonds. The van der Waals surface area contributed by atoms with Gasteiger partial charge in [0.25, 0.3) is 0 Å². The van der Waals surface area contributed by atoms with Gasteiger partial charge < -0.3 is 14.4 Å². The summed E-state index contributed by atoms with van der Waals surface area (Å²) in [5.74, 6) is -0.878. The van der Waals surface area contributed by atoms with Crippen LogP contribution in [0, 0.1) is 0 Å². The molecule has 4 nitrogen and oxygen atoms in total. The third-order valence-electron chi connectivity index (χ3n) is 3.87. The molecule has 0 saturated heterocycles. The summed E-state index contributed by atoms with van der Waals surface area (Å²) in [5.41, 5.74) is 2.51. The first-order valence-electron chi connectivity index (χ1n) is 7.68. The Balaban J connectivity index is 1.96. The van der Waals surface area contributed by atoms with E-state index in [1.165, 1.54) is 0 Å². The van der Waals surface area contributed by atoms with Gasteiger partial charge >= 0.3 is 5.97 Å². The molecule has 1 aromatic carbocycles.